The third kappa shape index (κ3) is 6.55. The van der Waals surface area contributed by atoms with Crippen LogP contribution in [0.15, 0.2) is 18.3 Å². The van der Waals surface area contributed by atoms with E-state index in [1.165, 1.54) is 12.8 Å². The van der Waals surface area contributed by atoms with E-state index in [4.69, 9.17) is 0 Å². The quantitative estimate of drug-likeness (QED) is 0.897. The second-order valence-electron chi connectivity index (χ2n) is 4.97. The summed E-state index contributed by atoms with van der Waals surface area (Å²) in [7, 11) is 0. The smallest absolute Gasteiger partial charge is 0.224 e. The Labute approximate surface area is 132 Å². The molecule has 0 spiro atoms. The van der Waals surface area contributed by atoms with Crippen LogP contribution < -0.4 is 10.6 Å². The van der Waals surface area contributed by atoms with Crippen LogP contribution >= 0.6 is 24.8 Å². The molecule has 4 nitrogen and oxygen atoms in total. The van der Waals surface area contributed by atoms with E-state index in [0.29, 0.717) is 12.3 Å². The highest BCUT2D eigenvalue weighted by atomic mass is 35.5. The number of rotatable bonds is 4. The molecule has 1 aromatic heterocycles. The lowest BCUT2D eigenvalue weighted by molar-refractivity contribution is -0.116. The highest BCUT2D eigenvalue weighted by Gasteiger charge is 2.14. The molecule has 0 saturated carbocycles. The molecule has 0 atom stereocenters. The van der Waals surface area contributed by atoms with E-state index in [1.807, 2.05) is 19.1 Å². The molecule has 6 heteroatoms. The van der Waals surface area contributed by atoms with E-state index in [2.05, 4.69) is 15.6 Å². The third-order valence-corrected chi connectivity index (χ3v) is 3.42. The molecule has 0 bridgehead atoms. The van der Waals surface area contributed by atoms with Crippen molar-refractivity contribution in [2.45, 2.75) is 32.6 Å². The number of aryl methyl sites for hydroxylation is 1. The Kier molecular flexibility index (Phi) is 9.55. The lowest BCUT2D eigenvalue weighted by Gasteiger charge is -2.22. The normalized spacial score (nSPS) is 14.8. The first-order chi connectivity index (χ1) is 8.74. The highest BCUT2D eigenvalue weighted by molar-refractivity contribution is 5.90. The topological polar surface area (TPSA) is 54.0 Å². The Bertz CT molecular complexity index is 409. The maximum absolute atomic E-state index is 11.8. The molecule has 2 N–H and O–H groups in total. The molecule has 2 rings (SSSR count). The molecule has 1 aromatic rings. The van der Waals surface area contributed by atoms with Gasteiger partial charge in [0.05, 0.1) is 0 Å². The molecule has 0 unspecified atom stereocenters. The van der Waals surface area contributed by atoms with E-state index in [1.54, 1.807) is 6.20 Å². The Morgan fingerprint density at radius 2 is 2.10 bits per heavy atom. The van der Waals surface area contributed by atoms with Crippen molar-refractivity contribution in [1.82, 2.24) is 10.3 Å². The molecule has 0 aromatic carbocycles. The number of carbonyl (C=O) groups is 1. The molecule has 114 valence electrons. The summed E-state index contributed by atoms with van der Waals surface area (Å²) in [6, 6.07) is 3.72. The molecule has 0 radical (unpaired) electrons. The number of hydrogen-bond donors (Lipinski definition) is 2. The van der Waals surface area contributed by atoms with Gasteiger partial charge in [0, 0.05) is 24.0 Å². The van der Waals surface area contributed by atoms with Gasteiger partial charge in [-0.2, -0.15) is 0 Å². The predicted octanol–water partition coefficient (Wildman–Crippen LogP) is 2.95. The average molecular weight is 320 g/mol. The van der Waals surface area contributed by atoms with E-state index in [0.717, 1.165) is 30.9 Å². The van der Waals surface area contributed by atoms with Crippen LogP contribution in [-0.4, -0.2) is 24.0 Å². The van der Waals surface area contributed by atoms with Gasteiger partial charge < -0.3 is 10.6 Å². The average Bonchev–Trinajstić information content (AvgIpc) is 2.38. The fourth-order valence-electron chi connectivity index (χ4n) is 2.35. The molecule has 1 saturated heterocycles. The number of carbonyl (C=O) groups excluding carboxylic acids is 1. The van der Waals surface area contributed by atoms with Crippen LogP contribution in [0.25, 0.3) is 0 Å². The number of anilines is 1. The Morgan fingerprint density at radius 1 is 1.40 bits per heavy atom. The molecule has 1 amide bonds. The minimum absolute atomic E-state index is 0. The maximum Gasteiger partial charge on any atom is 0.224 e. The van der Waals surface area contributed by atoms with Gasteiger partial charge in [-0.1, -0.05) is 0 Å². The number of amides is 1. The Balaban J connectivity index is 0.00000180. The Morgan fingerprint density at radius 3 is 2.75 bits per heavy atom. The van der Waals surface area contributed by atoms with E-state index in [9.17, 15) is 4.79 Å². The van der Waals surface area contributed by atoms with Crippen LogP contribution in [0.5, 0.6) is 0 Å². The van der Waals surface area contributed by atoms with Crippen LogP contribution in [0.4, 0.5) is 5.69 Å². The zero-order chi connectivity index (χ0) is 12.8. The molecule has 20 heavy (non-hydrogen) atoms. The largest absolute Gasteiger partial charge is 0.326 e. The number of pyridine rings is 1. The summed E-state index contributed by atoms with van der Waals surface area (Å²) in [5.74, 6) is 0.815. The molecule has 1 aliphatic rings. The lowest BCUT2D eigenvalue weighted by Crippen LogP contribution is -2.28. The molecular formula is C14H23Cl2N3O. The van der Waals surface area contributed by atoms with Crippen molar-refractivity contribution < 1.29 is 4.79 Å². The summed E-state index contributed by atoms with van der Waals surface area (Å²) in [4.78, 5) is 15.9. The summed E-state index contributed by atoms with van der Waals surface area (Å²) in [6.45, 7) is 4.11. The summed E-state index contributed by atoms with van der Waals surface area (Å²) in [6.07, 6.45) is 5.73. The van der Waals surface area contributed by atoms with Crippen LogP contribution in [0.3, 0.4) is 0 Å². The maximum atomic E-state index is 11.8. The van der Waals surface area contributed by atoms with Crippen molar-refractivity contribution in [3.8, 4) is 0 Å². The summed E-state index contributed by atoms with van der Waals surface area (Å²) < 4.78 is 0. The van der Waals surface area contributed by atoms with Gasteiger partial charge in [0.2, 0.25) is 5.91 Å². The number of piperidine rings is 1. The first-order valence-electron chi connectivity index (χ1n) is 6.67. The number of halogens is 2. The van der Waals surface area contributed by atoms with Gasteiger partial charge in [-0.3, -0.25) is 9.78 Å². The standard InChI is InChI=1S/C14H21N3O.2ClH/c1-11-10-13(6-9-16-11)17-14(18)3-2-12-4-7-15-8-5-12;;/h6,9-10,12,15H,2-5,7-8H2,1H3,(H,16,17,18);2*1H. The summed E-state index contributed by atoms with van der Waals surface area (Å²) in [5.41, 5.74) is 1.77. The minimum atomic E-state index is 0. The van der Waals surface area contributed by atoms with Gasteiger partial charge in [-0.05, 0) is 57.3 Å². The van der Waals surface area contributed by atoms with Crippen LogP contribution in [0.2, 0.25) is 0 Å². The number of aromatic nitrogens is 1. The SMILES string of the molecule is Cc1cc(NC(=O)CCC2CCNCC2)ccn1.Cl.Cl. The fourth-order valence-corrected chi connectivity index (χ4v) is 2.35. The number of nitrogens with zero attached hydrogens (tertiary/aromatic N) is 1. The molecule has 1 aliphatic heterocycles. The van der Waals surface area contributed by atoms with Crippen LogP contribution in [-0.2, 0) is 4.79 Å². The predicted molar refractivity (Wildman–Crippen MR) is 86.9 cm³/mol. The van der Waals surface area contributed by atoms with Gasteiger partial charge in [-0.15, -0.1) is 24.8 Å². The van der Waals surface area contributed by atoms with Crippen LogP contribution in [0, 0.1) is 12.8 Å². The van der Waals surface area contributed by atoms with Gasteiger partial charge >= 0.3 is 0 Å². The second-order valence-corrected chi connectivity index (χ2v) is 4.97. The molecule has 0 aliphatic carbocycles. The van der Waals surface area contributed by atoms with E-state index < -0.39 is 0 Å². The van der Waals surface area contributed by atoms with Gasteiger partial charge in [0.25, 0.3) is 0 Å². The third-order valence-electron chi connectivity index (χ3n) is 3.42. The summed E-state index contributed by atoms with van der Waals surface area (Å²) in [5, 5.41) is 6.27. The van der Waals surface area contributed by atoms with Crippen molar-refractivity contribution in [3.63, 3.8) is 0 Å². The van der Waals surface area contributed by atoms with Crippen molar-refractivity contribution in [3.05, 3.63) is 24.0 Å². The molecular weight excluding hydrogens is 297 g/mol. The van der Waals surface area contributed by atoms with Gasteiger partial charge in [0.15, 0.2) is 0 Å². The molecule has 1 fully saturated rings. The van der Waals surface area contributed by atoms with Crippen molar-refractivity contribution in [2.75, 3.05) is 18.4 Å². The summed E-state index contributed by atoms with van der Waals surface area (Å²) >= 11 is 0. The van der Waals surface area contributed by atoms with Crippen molar-refractivity contribution >= 4 is 36.4 Å². The fraction of sp³-hybridized carbons (Fsp3) is 0.571. The zero-order valence-corrected chi connectivity index (χ0v) is 13.4. The van der Waals surface area contributed by atoms with Crippen molar-refractivity contribution in [1.29, 1.82) is 0 Å². The first-order valence-corrected chi connectivity index (χ1v) is 6.67. The van der Waals surface area contributed by atoms with E-state index >= 15 is 0 Å². The highest BCUT2D eigenvalue weighted by Crippen LogP contribution is 2.18. The van der Waals surface area contributed by atoms with Gasteiger partial charge in [0.1, 0.15) is 0 Å². The first kappa shape index (κ1) is 19.2. The van der Waals surface area contributed by atoms with Crippen molar-refractivity contribution in [2.24, 2.45) is 5.92 Å². The van der Waals surface area contributed by atoms with Crippen LogP contribution in [0.1, 0.15) is 31.4 Å². The monoisotopic (exact) mass is 319 g/mol. The Hall–Kier alpha value is -0.840. The molecule has 2 heterocycles. The van der Waals surface area contributed by atoms with E-state index in [-0.39, 0.29) is 30.7 Å². The zero-order valence-electron chi connectivity index (χ0n) is 11.7. The minimum Gasteiger partial charge on any atom is -0.326 e. The van der Waals surface area contributed by atoms with Gasteiger partial charge in [-0.25, -0.2) is 0 Å². The number of hydrogen-bond acceptors (Lipinski definition) is 3. The number of nitrogens with one attached hydrogen (secondary N) is 2. The lowest BCUT2D eigenvalue weighted by atomic mass is 9.93. The second kappa shape index (κ2) is 9.97.